The summed E-state index contributed by atoms with van der Waals surface area (Å²) in [6.45, 7) is 2.30. The van der Waals surface area contributed by atoms with Crippen molar-refractivity contribution in [3.05, 3.63) is 58.5 Å². The van der Waals surface area contributed by atoms with Crippen molar-refractivity contribution < 1.29 is 14.0 Å². The number of carbonyl (C=O) groups is 2. The fourth-order valence-electron chi connectivity index (χ4n) is 2.68. The quantitative estimate of drug-likeness (QED) is 0.809. The molecule has 0 unspecified atom stereocenters. The van der Waals surface area contributed by atoms with E-state index in [1.165, 1.54) is 6.26 Å². The Balaban J connectivity index is 1.68. The summed E-state index contributed by atoms with van der Waals surface area (Å²) in [6.07, 6.45) is 2.25. The highest BCUT2D eigenvalue weighted by Gasteiger charge is 2.25. The van der Waals surface area contributed by atoms with Crippen LogP contribution in [0.1, 0.15) is 27.3 Å². The molecule has 1 aliphatic heterocycles. The fraction of sp³-hybridized carbons (Fsp3) is 0.294. The summed E-state index contributed by atoms with van der Waals surface area (Å²) in [5.41, 5.74) is 0.651. The third-order valence-electron chi connectivity index (χ3n) is 3.91. The van der Waals surface area contributed by atoms with Crippen molar-refractivity contribution in [1.29, 1.82) is 0 Å². The number of amides is 2. The van der Waals surface area contributed by atoms with Gasteiger partial charge in [0.05, 0.1) is 11.8 Å². The van der Waals surface area contributed by atoms with E-state index in [4.69, 9.17) is 4.42 Å². The van der Waals surface area contributed by atoms with Crippen LogP contribution in [0.2, 0.25) is 0 Å². The van der Waals surface area contributed by atoms with Crippen LogP contribution in [-0.2, 0) is 0 Å². The van der Waals surface area contributed by atoms with Gasteiger partial charge in [0.1, 0.15) is 0 Å². The minimum Gasteiger partial charge on any atom is -0.459 e. The van der Waals surface area contributed by atoms with Crippen molar-refractivity contribution in [2.24, 2.45) is 0 Å². The molecule has 2 amide bonds. The van der Waals surface area contributed by atoms with E-state index in [0.717, 1.165) is 10.9 Å². The van der Waals surface area contributed by atoms with Crippen molar-refractivity contribution in [3.63, 3.8) is 0 Å². The Kier molecular flexibility index (Phi) is 4.81. The summed E-state index contributed by atoms with van der Waals surface area (Å²) in [4.78, 5) is 28.5. The number of nitrogens with zero attached hydrogens (tertiary/aromatic N) is 2. The Morgan fingerprint density at radius 3 is 2.26 bits per heavy atom. The third kappa shape index (κ3) is 3.47. The van der Waals surface area contributed by atoms with Crippen molar-refractivity contribution >= 4 is 27.7 Å². The van der Waals surface area contributed by atoms with E-state index in [1.807, 2.05) is 24.3 Å². The Labute approximate surface area is 143 Å². The highest BCUT2D eigenvalue weighted by molar-refractivity contribution is 9.10. The van der Waals surface area contributed by atoms with Gasteiger partial charge in [-0.3, -0.25) is 9.59 Å². The maximum absolute atomic E-state index is 12.7. The molecule has 0 saturated carbocycles. The van der Waals surface area contributed by atoms with Gasteiger partial charge in [-0.1, -0.05) is 12.1 Å². The molecule has 3 rings (SSSR count). The van der Waals surface area contributed by atoms with E-state index < -0.39 is 0 Å². The number of carbonyl (C=O) groups excluding carboxylic acids is 2. The van der Waals surface area contributed by atoms with Gasteiger partial charge >= 0.3 is 0 Å². The molecule has 0 aliphatic carbocycles. The molecule has 1 aromatic heterocycles. The van der Waals surface area contributed by atoms with Gasteiger partial charge in [0.2, 0.25) is 0 Å². The third-order valence-corrected chi connectivity index (χ3v) is 4.60. The fourth-order valence-corrected chi connectivity index (χ4v) is 3.14. The lowest BCUT2D eigenvalue weighted by molar-refractivity contribution is 0.0700. The molecule has 0 N–H and O–H groups in total. The van der Waals surface area contributed by atoms with E-state index in [0.29, 0.717) is 37.5 Å². The van der Waals surface area contributed by atoms with E-state index >= 15 is 0 Å². The molecule has 1 aromatic carbocycles. The lowest BCUT2D eigenvalue weighted by atomic mass is 10.2. The number of hydrogen-bond acceptors (Lipinski definition) is 3. The van der Waals surface area contributed by atoms with Crippen LogP contribution < -0.4 is 0 Å². The first-order valence-corrected chi connectivity index (χ1v) is 8.32. The van der Waals surface area contributed by atoms with Crippen LogP contribution in [-0.4, -0.2) is 47.8 Å². The van der Waals surface area contributed by atoms with Gasteiger partial charge in [-0.2, -0.15) is 0 Å². The van der Waals surface area contributed by atoms with Gasteiger partial charge in [-0.15, -0.1) is 0 Å². The second-order valence-electron chi connectivity index (χ2n) is 5.40. The van der Waals surface area contributed by atoms with Gasteiger partial charge in [0.25, 0.3) is 11.8 Å². The van der Waals surface area contributed by atoms with Gasteiger partial charge in [-0.05, 0) is 46.6 Å². The van der Waals surface area contributed by atoms with Crippen LogP contribution in [0.5, 0.6) is 0 Å². The minimum absolute atomic E-state index is 0.00947. The molecule has 1 saturated heterocycles. The smallest absolute Gasteiger partial charge is 0.289 e. The summed E-state index contributed by atoms with van der Waals surface area (Å²) in [7, 11) is 0. The zero-order chi connectivity index (χ0) is 16.2. The topological polar surface area (TPSA) is 53.8 Å². The van der Waals surface area contributed by atoms with Crippen LogP contribution in [0, 0.1) is 0 Å². The molecular weight excluding hydrogens is 360 g/mol. The summed E-state index contributed by atoms with van der Waals surface area (Å²) in [6, 6.07) is 10.8. The van der Waals surface area contributed by atoms with Crippen LogP contribution in [0.15, 0.2) is 51.6 Å². The normalized spacial score (nSPS) is 15.3. The first-order chi connectivity index (χ1) is 11.2. The molecule has 2 aromatic rings. The Morgan fingerprint density at radius 2 is 1.61 bits per heavy atom. The summed E-state index contributed by atoms with van der Waals surface area (Å²) in [5.74, 6) is 0.213. The number of hydrogen-bond donors (Lipinski definition) is 0. The predicted octanol–water partition coefficient (Wildman–Crippen LogP) is 3.03. The van der Waals surface area contributed by atoms with Gasteiger partial charge in [0.15, 0.2) is 5.76 Å². The SMILES string of the molecule is O=C(c1ccco1)N1CCCN(C(=O)c2ccccc2Br)CC1. The molecule has 5 nitrogen and oxygen atoms in total. The Hall–Kier alpha value is -2.08. The molecule has 0 radical (unpaired) electrons. The monoisotopic (exact) mass is 376 g/mol. The highest BCUT2D eigenvalue weighted by atomic mass is 79.9. The maximum atomic E-state index is 12.7. The Morgan fingerprint density at radius 1 is 0.913 bits per heavy atom. The average molecular weight is 377 g/mol. The largest absolute Gasteiger partial charge is 0.459 e. The molecule has 6 heteroatoms. The van der Waals surface area contributed by atoms with Crippen LogP contribution >= 0.6 is 15.9 Å². The molecular formula is C17H17BrN2O3. The van der Waals surface area contributed by atoms with Crippen molar-refractivity contribution in [2.75, 3.05) is 26.2 Å². The summed E-state index contributed by atoms with van der Waals surface area (Å²) >= 11 is 3.42. The zero-order valence-electron chi connectivity index (χ0n) is 12.6. The van der Waals surface area contributed by atoms with Gasteiger partial charge in [0, 0.05) is 30.7 Å². The summed E-state index contributed by atoms with van der Waals surface area (Å²) < 4.78 is 5.96. The van der Waals surface area contributed by atoms with E-state index in [-0.39, 0.29) is 11.8 Å². The van der Waals surface area contributed by atoms with Crippen LogP contribution in [0.25, 0.3) is 0 Å². The molecule has 1 fully saturated rings. The molecule has 23 heavy (non-hydrogen) atoms. The van der Waals surface area contributed by atoms with Crippen molar-refractivity contribution in [3.8, 4) is 0 Å². The van der Waals surface area contributed by atoms with Crippen molar-refractivity contribution in [1.82, 2.24) is 9.80 Å². The van der Waals surface area contributed by atoms with E-state index in [1.54, 1.807) is 21.9 Å². The van der Waals surface area contributed by atoms with Gasteiger partial charge < -0.3 is 14.2 Å². The summed E-state index contributed by atoms with van der Waals surface area (Å²) in [5, 5.41) is 0. The highest BCUT2D eigenvalue weighted by Crippen LogP contribution is 2.19. The minimum atomic E-state index is -0.120. The molecule has 0 spiro atoms. The second kappa shape index (κ2) is 7.00. The zero-order valence-corrected chi connectivity index (χ0v) is 14.2. The first-order valence-electron chi connectivity index (χ1n) is 7.53. The number of benzene rings is 1. The number of halogens is 1. The van der Waals surface area contributed by atoms with Gasteiger partial charge in [-0.25, -0.2) is 0 Å². The van der Waals surface area contributed by atoms with Crippen molar-refractivity contribution in [2.45, 2.75) is 6.42 Å². The average Bonchev–Trinajstić information content (AvgIpc) is 2.98. The van der Waals surface area contributed by atoms with Crippen LogP contribution in [0.3, 0.4) is 0 Å². The maximum Gasteiger partial charge on any atom is 0.289 e. The number of furan rings is 1. The second-order valence-corrected chi connectivity index (χ2v) is 6.25. The number of rotatable bonds is 2. The standard InChI is InChI=1S/C17H17BrN2O3/c18-14-6-2-1-5-13(14)16(21)19-8-4-9-20(11-10-19)17(22)15-7-3-12-23-15/h1-3,5-7,12H,4,8-11H2. The molecule has 120 valence electrons. The van der Waals surface area contributed by atoms with Crippen LogP contribution in [0.4, 0.5) is 0 Å². The molecule has 0 atom stereocenters. The Bertz CT molecular complexity index is 700. The molecule has 0 bridgehead atoms. The lowest BCUT2D eigenvalue weighted by Crippen LogP contribution is -2.37. The van der Waals surface area contributed by atoms with E-state index in [9.17, 15) is 9.59 Å². The lowest BCUT2D eigenvalue weighted by Gasteiger charge is -2.22. The molecule has 1 aliphatic rings. The first kappa shape index (κ1) is 15.8. The van der Waals surface area contributed by atoms with E-state index in [2.05, 4.69) is 15.9 Å². The predicted molar refractivity (Wildman–Crippen MR) is 89.3 cm³/mol. The molecule has 2 heterocycles.